The van der Waals surface area contributed by atoms with Gasteiger partial charge in [0.05, 0.1) is 22.6 Å². The molecule has 0 aliphatic carbocycles. The number of hydrogen-bond acceptors (Lipinski definition) is 8. The molecule has 1 aliphatic heterocycles. The van der Waals surface area contributed by atoms with Crippen molar-refractivity contribution in [3.63, 3.8) is 0 Å². The van der Waals surface area contributed by atoms with Crippen molar-refractivity contribution < 1.29 is 14.3 Å². The smallest absolute Gasteiger partial charge is 0.271 e. The molecular weight excluding hydrogens is 516 g/mol. The molecule has 0 spiro atoms. The van der Waals surface area contributed by atoms with Crippen molar-refractivity contribution in [3.8, 4) is 22.1 Å². The SMILES string of the molecule is CCOc1ccc(OCc2ccc(C(=O)N/N=C\c3sc(N4CCCCC4)nc3-c3cccs3)cc2)cc1. The number of nitrogens with one attached hydrogen (secondary N) is 1. The Morgan fingerprint density at radius 3 is 2.45 bits per heavy atom. The zero-order chi connectivity index (χ0) is 26.2. The van der Waals surface area contributed by atoms with Crippen LogP contribution >= 0.6 is 22.7 Å². The van der Waals surface area contributed by atoms with Crippen LogP contribution in [0.25, 0.3) is 10.6 Å². The number of thiazole rings is 1. The molecule has 0 radical (unpaired) electrons. The van der Waals surface area contributed by atoms with E-state index in [9.17, 15) is 4.79 Å². The highest BCUT2D eigenvalue weighted by Crippen LogP contribution is 2.35. The van der Waals surface area contributed by atoms with E-state index >= 15 is 0 Å². The van der Waals surface area contributed by atoms with E-state index < -0.39 is 0 Å². The number of carbonyl (C=O) groups excluding carboxylic acids is 1. The summed E-state index contributed by atoms with van der Waals surface area (Å²) in [4.78, 5) is 22.0. The summed E-state index contributed by atoms with van der Waals surface area (Å²) >= 11 is 3.27. The zero-order valence-electron chi connectivity index (χ0n) is 21.3. The van der Waals surface area contributed by atoms with E-state index in [0.29, 0.717) is 18.8 Å². The van der Waals surface area contributed by atoms with E-state index in [0.717, 1.165) is 50.7 Å². The van der Waals surface area contributed by atoms with Gasteiger partial charge in [-0.05, 0) is 79.6 Å². The van der Waals surface area contributed by atoms with Gasteiger partial charge >= 0.3 is 0 Å². The van der Waals surface area contributed by atoms with Crippen LogP contribution in [0.3, 0.4) is 0 Å². The normalized spacial score (nSPS) is 13.6. The Morgan fingerprint density at radius 2 is 1.76 bits per heavy atom. The molecule has 0 unspecified atom stereocenters. The van der Waals surface area contributed by atoms with Crippen molar-refractivity contribution in [3.05, 3.63) is 82.0 Å². The van der Waals surface area contributed by atoms with E-state index in [1.54, 1.807) is 41.0 Å². The Hall–Kier alpha value is -3.69. The fourth-order valence-corrected chi connectivity index (χ4v) is 5.95. The first-order valence-electron chi connectivity index (χ1n) is 12.8. The van der Waals surface area contributed by atoms with Gasteiger partial charge in [0.15, 0.2) is 5.13 Å². The third-order valence-electron chi connectivity index (χ3n) is 6.13. The summed E-state index contributed by atoms with van der Waals surface area (Å²) in [5, 5.41) is 7.33. The summed E-state index contributed by atoms with van der Waals surface area (Å²) < 4.78 is 11.3. The van der Waals surface area contributed by atoms with Crippen molar-refractivity contribution in [2.24, 2.45) is 5.10 Å². The third-order valence-corrected chi connectivity index (χ3v) is 8.05. The minimum atomic E-state index is -0.265. The number of benzene rings is 2. The second-order valence-electron chi connectivity index (χ2n) is 8.82. The molecule has 1 fully saturated rings. The van der Waals surface area contributed by atoms with Gasteiger partial charge in [0, 0.05) is 18.7 Å². The van der Waals surface area contributed by atoms with Crippen molar-refractivity contribution in [1.82, 2.24) is 10.4 Å². The number of anilines is 1. The van der Waals surface area contributed by atoms with Gasteiger partial charge in [-0.25, -0.2) is 10.4 Å². The van der Waals surface area contributed by atoms with Crippen molar-refractivity contribution in [1.29, 1.82) is 0 Å². The monoisotopic (exact) mass is 546 g/mol. The van der Waals surface area contributed by atoms with E-state index in [2.05, 4.69) is 21.5 Å². The van der Waals surface area contributed by atoms with Crippen LogP contribution in [0.1, 0.15) is 47.0 Å². The van der Waals surface area contributed by atoms with Gasteiger partial charge in [-0.1, -0.05) is 29.5 Å². The molecule has 9 heteroatoms. The van der Waals surface area contributed by atoms with Crippen LogP contribution in [0, 0.1) is 0 Å². The fraction of sp³-hybridized carbons (Fsp3) is 0.276. The second kappa shape index (κ2) is 12.7. The Kier molecular flexibility index (Phi) is 8.67. The van der Waals surface area contributed by atoms with Crippen molar-refractivity contribution in [2.75, 3.05) is 24.6 Å². The van der Waals surface area contributed by atoms with Crippen LogP contribution in [0.5, 0.6) is 11.5 Å². The Bertz CT molecular complexity index is 1340. The topological polar surface area (TPSA) is 76.1 Å². The highest BCUT2D eigenvalue weighted by atomic mass is 32.1. The molecule has 7 nitrogen and oxygen atoms in total. The fourth-order valence-electron chi connectivity index (χ4n) is 4.15. The van der Waals surface area contributed by atoms with Crippen LogP contribution in [-0.2, 0) is 6.61 Å². The van der Waals surface area contributed by atoms with Gasteiger partial charge in [-0.2, -0.15) is 5.10 Å². The number of rotatable bonds is 10. The lowest BCUT2D eigenvalue weighted by atomic mass is 10.1. The lowest BCUT2D eigenvalue weighted by Gasteiger charge is -2.25. The first kappa shape index (κ1) is 25.9. The standard InChI is InChI=1S/C29H30N4O3S2/c1-2-35-23-12-14-24(15-13-23)36-20-21-8-10-22(11-9-21)28(34)32-30-19-26-27(25-7-6-18-37-25)31-29(38-26)33-16-4-3-5-17-33/h6-15,18-19H,2-5,16-17,20H2,1H3,(H,32,34)/b30-19-. The molecule has 0 saturated carbocycles. The van der Waals surface area contributed by atoms with E-state index in [4.69, 9.17) is 14.5 Å². The second-order valence-corrected chi connectivity index (χ2v) is 10.8. The first-order valence-corrected chi connectivity index (χ1v) is 14.5. The van der Waals surface area contributed by atoms with Gasteiger partial charge < -0.3 is 14.4 Å². The van der Waals surface area contributed by atoms with Crippen molar-refractivity contribution >= 4 is 39.9 Å². The molecule has 0 atom stereocenters. The average molecular weight is 547 g/mol. The number of aromatic nitrogens is 1. The molecule has 38 heavy (non-hydrogen) atoms. The van der Waals surface area contributed by atoms with Gasteiger partial charge in [-0.15, -0.1) is 11.3 Å². The lowest BCUT2D eigenvalue weighted by molar-refractivity contribution is 0.0955. The van der Waals surface area contributed by atoms with Crippen LogP contribution in [0.15, 0.2) is 71.1 Å². The van der Waals surface area contributed by atoms with Crippen LogP contribution in [0.4, 0.5) is 5.13 Å². The summed E-state index contributed by atoms with van der Waals surface area (Å²) in [6.45, 7) is 5.06. The molecule has 5 rings (SSSR count). The predicted octanol–water partition coefficient (Wildman–Crippen LogP) is 6.60. The summed E-state index contributed by atoms with van der Waals surface area (Å²) in [7, 11) is 0. The Morgan fingerprint density at radius 1 is 1.03 bits per heavy atom. The number of ether oxygens (including phenoxy) is 2. The Labute approximate surface area is 230 Å². The number of carbonyl (C=O) groups is 1. The maximum atomic E-state index is 12.7. The number of hydrazone groups is 1. The molecule has 1 amide bonds. The highest BCUT2D eigenvalue weighted by molar-refractivity contribution is 7.18. The number of amides is 1. The number of thiophene rings is 1. The molecule has 196 valence electrons. The number of nitrogens with zero attached hydrogens (tertiary/aromatic N) is 3. The summed E-state index contributed by atoms with van der Waals surface area (Å²) in [6.07, 6.45) is 5.37. The maximum absolute atomic E-state index is 12.7. The minimum Gasteiger partial charge on any atom is -0.494 e. The highest BCUT2D eigenvalue weighted by Gasteiger charge is 2.19. The minimum absolute atomic E-state index is 0.265. The van der Waals surface area contributed by atoms with Gasteiger partial charge in [0.1, 0.15) is 23.8 Å². The molecule has 2 aromatic heterocycles. The number of piperidine rings is 1. The van der Waals surface area contributed by atoms with Crippen molar-refractivity contribution in [2.45, 2.75) is 32.8 Å². The van der Waals surface area contributed by atoms with Crippen LogP contribution < -0.4 is 19.8 Å². The molecule has 3 heterocycles. The van der Waals surface area contributed by atoms with Gasteiger partial charge in [0.2, 0.25) is 0 Å². The third kappa shape index (κ3) is 6.59. The summed E-state index contributed by atoms with van der Waals surface area (Å²) in [6, 6.07) is 19.0. The molecule has 0 bridgehead atoms. The first-order chi connectivity index (χ1) is 18.7. The molecule has 2 aromatic carbocycles. The molecular formula is C29H30N4O3S2. The van der Waals surface area contributed by atoms with Gasteiger partial charge in [-0.3, -0.25) is 4.79 Å². The Balaban J connectivity index is 1.19. The molecule has 1 N–H and O–H groups in total. The predicted molar refractivity (Wildman–Crippen MR) is 155 cm³/mol. The summed E-state index contributed by atoms with van der Waals surface area (Å²) in [5.41, 5.74) is 5.07. The zero-order valence-corrected chi connectivity index (χ0v) is 22.9. The average Bonchev–Trinajstić information content (AvgIpc) is 3.64. The van der Waals surface area contributed by atoms with Crippen LogP contribution in [-0.4, -0.2) is 36.8 Å². The van der Waals surface area contributed by atoms with E-state index in [1.807, 2.05) is 54.8 Å². The molecule has 4 aromatic rings. The van der Waals surface area contributed by atoms with E-state index in [1.165, 1.54) is 19.3 Å². The largest absolute Gasteiger partial charge is 0.494 e. The quantitative estimate of drug-likeness (QED) is 0.179. The van der Waals surface area contributed by atoms with E-state index in [-0.39, 0.29) is 5.91 Å². The van der Waals surface area contributed by atoms with Crippen LogP contribution in [0.2, 0.25) is 0 Å². The lowest BCUT2D eigenvalue weighted by Crippen LogP contribution is -2.29. The molecule has 1 aliphatic rings. The number of hydrogen-bond donors (Lipinski definition) is 1. The molecule has 1 saturated heterocycles. The van der Waals surface area contributed by atoms with Gasteiger partial charge in [0.25, 0.3) is 5.91 Å². The summed E-state index contributed by atoms with van der Waals surface area (Å²) in [5.74, 6) is 1.31. The maximum Gasteiger partial charge on any atom is 0.271 e.